The van der Waals surface area contributed by atoms with Gasteiger partial charge in [0.2, 0.25) is 0 Å². The first-order chi connectivity index (χ1) is 15.0. The molecule has 0 aliphatic heterocycles. The van der Waals surface area contributed by atoms with Crippen LogP contribution in [0.3, 0.4) is 0 Å². The molecule has 1 atom stereocenters. The number of fused-ring (bicyclic) bond motifs is 1. The Morgan fingerprint density at radius 2 is 1.97 bits per heavy atom. The Morgan fingerprint density at radius 1 is 1.19 bits per heavy atom. The van der Waals surface area contributed by atoms with Gasteiger partial charge >= 0.3 is 5.97 Å². The summed E-state index contributed by atoms with van der Waals surface area (Å²) in [7, 11) is 0. The number of nitrogens with zero attached hydrogens (tertiary/aromatic N) is 3. The summed E-state index contributed by atoms with van der Waals surface area (Å²) in [6, 6.07) is 14.3. The summed E-state index contributed by atoms with van der Waals surface area (Å²) >= 11 is 0. The highest BCUT2D eigenvalue weighted by atomic mass is 16.5. The maximum Gasteiger partial charge on any atom is 0.344 e. The Labute approximate surface area is 180 Å². The van der Waals surface area contributed by atoms with Gasteiger partial charge in [-0.05, 0) is 49.6 Å². The molecule has 0 unspecified atom stereocenters. The minimum atomic E-state index is -1.04. The second-order valence-electron chi connectivity index (χ2n) is 7.85. The SMILES string of the molecule is C[C@@H](Oc1cccc(C=Nn2c(C3CCCCC3)nc3ccccc3c2=O)c1)C(=O)O. The van der Waals surface area contributed by atoms with Gasteiger partial charge in [-0.15, -0.1) is 0 Å². The minimum absolute atomic E-state index is 0.186. The normalized spacial score (nSPS) is 15.9. The standard InChI is InChI=1S/C24H25N3O4/c1-16(24(29)30)31-19-11-7-8-17(14-19)15-25-27-22(18-9-3-2-4-10-18)26-21-13-6-5-12-20(21)23(27)28/h5-8,11-16,18H,2-4,9-10H2,1H3,(H,29,30)/t16-/m1/s1. The predicted octanol–water partition coefficient (Wildman–Crippen LogP) is 4.18. The van der Waals surface area contributed by atoms with Crippen LogP contribution in [0.25, 0.3) is 10.9 Å². The molecule has 0 saturated heterocycles. The van der Waals surface area contributed by atoms with Crippen molar-refractivity contribution >= 4 is 23.1 Å². The summed E-state index contributed by atoms with van der Waals surface area (Å²) in [5.74, 6) is 0.293. The lowest BCUT2D eigenvalue weighted by Gasteiger charge is -2.22. The Morgan fingerprint density at radius 3 is 2.74 bits per heavy atom. The van der Waals surface area contributed by atoms with Gasteiger partial charge in [-0.3, -0.25) is 4.79 Å². The van der Waals surface area contributed by atoms with Crippen LogP contribution >= 0.6 is 0 Å². The van der Waals surface area contributed by atoms with Gasteiger partial charge in [-0.2, -0.15) is 9.78 Å². The van der Waals surface area contributed by atoms with Crippen molar-refractivity contribution in [1.82, 2.24) is 9.66 Å². The Bertz CT molecular complexity index is 1180. The first kappa shape index (κ1) is 20.8. The van der Waals surface area contributed by atoms with Crippen LogP contribution in [-0.2, 0) is 4.79 Å². The zero-order valence-corrected chi connectivity index (χ0v) is 17.4. The number of benzene rings is 2. The van der Waals surface area contributed by atoms with Gasteiger partial charge in [0.1, 0.15) is 11.6 Å². The molecule has 0 spiro atoms. The molecule has 1 saturated carbocycles. The topological polar surface area (TPSA) is 93.8 Å². The van der Waals surface area contributed by atoms with Crippen LogP contribution in [0, 0.1) is 0 Å². The van der Waals surface area contributed by atoms with E-state index in [0.29, 0.717) is 28.0 Å². The molecule has 7 nitrogen and oxygen atoms in total. The molecule has 160 valence electrons. The van der Waals surface area contributed by atoms with E-state index in [1.54, 1.807) is 30.5 Å². The summed E-state index contributed by atoms with van der Waals surface area (Å²) in [5, 5.41) is 14.1. The molecule has 1 aliphatic rings. The summed E-state index contributed by atoms with van der Waals surface area (Å²) in [6.45, 7) is 1.47. The fraction of sp³-hybridized carbons (Fsp3) is 0.333. The summed E-state index contributed by atoms with van der Waals surface area (Å²) in [6.07, 6.45) is 6.07. The average Bonchev–Trinajstić information content (AvgIpc) is 2.79. The van der Waals surface area contributed by atoms with E-state index >= 15 is 0 Å². The van der Waals surface area contributed by atoms with Gasteiger partial charge in [-0.25, -0.2) is 9.78 Å². The van der Waals surface area contributed by atoms with Crippen LogP contribution in [0.2, 0.25) is 0 Å². The summed E-state index contributed by atoms with van der Waals surface area (Å²) in [4.78, 5) is 29.1. The molecule has 0 bridgehead atoms. The molecular weight excluding hydrogens is 394 g/mol. The van der Waals surface area contributed by atoms with Crippen molar-refractivity contribution in [3.63, 3.8) is 0 Å². The number of aromatic nitrogens is 2. The van der Waals surface area contributed by atoms with Gasteiger partial charge in [0.25, 0.3) is 5.56 Å². The number of aliphatic carboxylic acids is 1. The molecule has 3 aromatic rings. The molecule has 0 amide bonds. The third kappa shape index (κ3) is 4.66. The third-order valence-electron chi connectivity index (χ3n) is 5.59. The van der Waals surface area contributed by atoms with E-state index in [2.05, 4.69) is 5.10 Å². The number of rotatable bonds is 6. The van der Waals surface area contributed by atoms with E-state index in [1.807, 2.05) is 24.3 Å². The smallest absolute Gasteiger partial charge is 0.344 e. The van der Waals surface area contributed by atoms with Gasteiger partial charge in [-0.1, -0.05) is 43.5 Å². The van der Waals surface area contributed by atoms with Crippen molar-refractivity contribution < 1.29 is 14.6 Å². The highest BCUT2D eigenvalue weighted by Gasteiger charge is 2.22. The second kappa shape index (κ2) is 9.12. The number of hydrogen-bond acceptors (Lipinski definition) is 5. The van der Waals surface area contributed by atoms with Gasteiger partial charge in [0, 0.05) is 5.92 Å². The van der Waals surface area contributed by atoms with Gasteiger partial charge in [0.05, 0.1) is 17.1 Å². The molecule has 1 heterocycles. The number of hydrogen-bond donors (Lipinski definition) is 1. The maximum absolute atomic E-state index is 13.2. The Balaban J connectivity index is 1.72. The second-order valence-corrected chi connectivity index (χ2v) is 7.85. The summed E-state index contributed by atoms with van der Waals surface area (Å²) in [5.41, 5.74) is 1.21. The molecule has 1 aliphatic carbocycles. The quantitative estimate of drug-likeness (QED) is 0.605. The van der Waals surface area contributed by atoms with Crippen molar-refractivity contribution in [2.75, 3.05) is 0 Å². The average molecular weight is 419 g/mol. The first-order valence-electron chi connectivity index (χ1n) is 10.6. The molecular formula is C24H25N3O4. The molecule has 1 fully saturated rings. The van der Waals surface area contributed by atoms with E-state index < -0.39 is 12.1 Å². The number of carboxylic acid groups (broad SMARTS) is 1. The van der Waals surface area contributed by atoms with Crippen molar-refractivity contribution in [3.05, 3.63) is 70.3 Å². The summed E-state index contributed by atoms with van der Waals surface area (Å²) < 4.78 is 6.85. The van der Waals surface area contributed by atoms with Crippen molar-refractivity contribution in [2.45, 2.75) is 51.0 Å². The van der Waals surface area contributed by atoms with Crippen LogP contribution in [-0.4, -0.2) is 33.1 Å². The highest BCUT2D eigenvalue weighted by Crippen LogP contribution is 2.31. The number of ether oxygens (including phenoxy) is 1. The zero-order valence-electron chi connectivity index (χ0n) is 17.4. The minimum Gasteiger partial charge on any atom is -0.479 e. The zero-order chi connectivity index (χ0) is 21.8. The molecule has 31 heavy (non-hydrogen) atoms. The number of carbonyl (C=O) groups is 1. The van der Waals surface area contributed by atoms with E-state index in [1.165, 1.54) is 18.0 Å². The Hall–Kier alpha value is -3.48. The lowest BCUT2D eigenvalue weighted by atomic mass is 9.88. The largest absolute Gasteiger partial charge is 0.479 e. The van der Waals surface area contributed by atoms with Crippen LogP contribution < -0.4 is 10.3 Å². The van der Waals surface area contributed by atoms with Gasteiger partial charge < -0.3 is 9.84 Å². The van der Waals surface area contributed by atoms with Crippen LogP contribution in [0.1, 0.15) is 56.3 Å². The molecule has 4 rings (SSSR count). The third-order valence-corrected chi connectivity index (χ3v) is 5.59. The fourth-order valence-electron chi connectivity index (χ4n) is 3.92. The van der Waals surface area contributed by atoms with Crippen molar-refractivity contribution in [1.29, 1.82) is 0 Å². The van der Waals surface area contributed by atoms with E-state index in [9.17, 15) is 9.59 Å². The van der Waals surface area contributed by atoms with E-state index in [4.69, 9.17) is 14.8 Å². The molecule has 2 aromatic carbocycles. The maximum atomic E-state index is 13.2. The lowest BCUT2D eigenvalue weighted by Crippen LogP contribution is -2.25. The first-order valence-corrected chi connectivity index (χ1v) is 10.6. The van der Waals surface area contributed by atoms with Gasteiger partial charge in [0.15, 0.2) is 6.10 Å². The van der Waals surface area contributed by atoms with Crippen molar-refractivity contribution in [2.24, 2.45) is 5.10 Å². The molecule has 0 radical (unpaired) electrons. The van der Waals surface area contributed by atoms with Crippen LogP contribution in [0.5, 0.6) is 5.75 Å². The van der Waals surface area contributed by atoms with E-state index in [-0.39, 0.29) is 11.5 Å². The molecule has 1 N–H and O–H groups in total. The highest BCUT2D eigenvalue weighted by molar-refractivity contribution is 5.81. The lowest BCUT2D eigenvalue weighted by molar-refractivity contribution is -0.144. The van der Waals surface area contributed by atoms with Crippen LogP contribution in [0.4, 0.5) is 0 Å². The van der Waals surface area contributed by atoms with Crippen molar-refractivity contribution in [3.8, 4) is 5.75 Å². The monoisotopic (exact) mass is 419 g/mol. The van der Waals surface area contributed by atoms with Crippen LogP contribution in [0.15, 0.2) is 58.4 Å². The Kier molecular flexibility index (Phi) is 6.11. The fourth-order valence-corrected chi connectivity index (χ4v) is 3.92. The number of carboxylic acids is 1. The predicted molar refractivity (Wildman–Crippen MR) is 119 cm³/mol. The van der Waals surface area contributed by atoms with E-state index in [0.717, 1.165) is 25.7 Å². The molecule has 7 heteroatoms. The molecule has 1 aromatic heterocycles. The number of para-hydroxylation sites is 1.